The molecule has 5 N–H and O–H groups in total. The van der Waals surface area contributed by atoms with Crippen LogP contribution < -0.4 is 0 Å². The second-order valence-electron chi connectivity index (χ2n) is 4.03. The van der Waals surface area contributed by atoms with Gasteiger partial charge in [0.2, 0.25) is 0 Å². The molecule has 0 amide bonds. The van der Waals surface area contributed by atoms with Gasteiger partial charge in [-0.2, -0.15) is 0 Å². The third-order valence-electron chi connectivity index (χ3n) is 2.31. The average molecular weight is 288 g/mol. The average Bonchev–Trinajstić information content (AvgIpc) is 2.53. The van der Waals surface area contributed by atoms with E-state index in [2.05, 4.69) is 0 Å². The van der Waals surface area contributed by atoms with Crippen LogP contribution in [0.2, 0.25) is 0 Å². The number of aliphatic hydroxyl groups is 4. The van der Waals surface area contributed by atoms with Crippen LogP contribution in [0, 0.1) is 5.41 Å². The fraction of sp³-hybridized carbons (Fsp3) is 0.500. The van der Waals surface area contributed by atoms with Crippen LogP contribution >= 0.6 is 0 Å². The molecule has 0 spiro atoms. The summed E-state index contributed by atoms with van der Waals surface area (Å²) >= 11 is 0. The Bertz CT molecular complexity index is 266. The van der Waals surface area contributed by atoms with Crippen molar-refractivity contribution in [1.29, 1.82) is 0 Å². The summed E-state index contributed by atoms with van der Waals surface area (Å²) in [5, 5.41) is 41.7. The highest BCUT2D eigenvalue weighted by atomic mass is 16.4. The lowest BCUT2D eigenvalue weighted by Crippen LogP contribution is -2.37. The van der Waals surface area contributed by atoms with Crippen LogP contribution in [0.1, 0.15) is 13.3 Å². The normalized spacial score (nSPS) is 9.65. The third-order valence-corrected chi connectivity index (χ3v) is 2.31. The van der Waals surface area contributed by atoms with E-state index in [1.165, 1.54) is 0 Å². The minimum Gasteiger partial charge on any atom is -0.481 e. The first-order valence-electron chi connectivity index (χ1n) is 6.17. The molecule has 6 nitrogen and oxygen atoms in total. The largest absolute Gasteiger partial charge is 0.481 e. The topological polar surface area (TPSA) is 118 Å². The van der Waals surface area contributed by atoms with Gasteiger partial charge in [0.15, 0.2) is 0 Å². The molecule has 0 radical (unpaired) electrons. The number of hydrogen-bond acceptors (Lipinski definition) is 5. The van der Waals surface area contributed by atoms with Crippen molar-refractivity contribution in [2.24, 2.45) is 5.41 Å². The van der Waals surface area contributed by atoms with E-state index in [1.54, 1.807) is 6.92 Å². The van der Waals surface area contributed by atoms with Gasteiger partial charge in [-0.3, -0.25) is 4.79 Å². The summed E-state index contributed by atoms with van der Waals surface area (Å²) in [4.78, 5) is 9.37. The molecule has 0 fully saturated rings. The molecule has 0 aliphatic carbocycles. The van der Waals surface area contributed by atoms with Gasteiger partial charge in [-0.15, -0.1) is 0 Å². The number of aliphatic hydroxyl groups excluding tert-OH is 4. The Labute approximate surface area is 118 Å². The van der Waals surface area contributed by atoms with Gasteiger partial charge in [0.25, 0.3) is 0 Å². The number of benzene rings is 1. The van der Waals surface area contributed by atoms with Crippen LogP contribution in [0.15, 0.2) is 36.4 Å². The first-order valence-corrected chi connectivity index (χ1v) is 6.17. The summed E-state index contributed by atoms with van der Waals surface area (Å²) in [7, 11) is 0. The number of carboxylic acids is 1. The van der Waals surface area contributed by atoms with Crippen molar-refractivity contribution in [1.82, 2.24) is 0 Å². The van der Waals surface area contributed by atoms with Crippen LogP contribution in [0.4, 0.5) is 0 Å². The van der Waals surface area contributed by atoms with E-state index < -0.39 is 37.8 Å². The van der Waals surface area contributed by atoms with E-state index in [4.69, 9.17) is 25.5 Å². The Morgan fingerprint density at radius 1 is 0.800 bits per heavy atom. The fourth-order valence-corrected chi connectivity index (χ4v) is 0.685. The number of rotatable bonds is 5. The minimum atomic E-state index is -1.11. The molecule has 1 rings (SSSR count). The number of carboxylic acid groups (broad SMARTS) is 1. The van der Waals surface area contributed by atoms with Crippen molar-refractivity contribution in [2.75, 3.05) is 26.4 Å². The van der Waals surface area contributed by atoms with Gasteiger partial charge in [-0.1, -0.05) is 43.3 Å². The molecule has 0 heterocycles. The molecule has 116 valence electrons. The van der Waals surface area contributed by atoms with Crippen molar-refractivity contribution >= 4 is 5.97 Å². The van der Waals surface area contributed by atoms with Crippen LogP contribution in [-0.2, 0) is 4.79 Å². The van der Waals surface area contributed by atoms with Gasteiger partial charge in [-0.05, 0) is 0 Å². The Kier molecular flexibility index (Phi) is 14.5. The maximum atomic E-state index is 9.37. The molecule has 6 heteroatoms. The number of hydrogen-bond donors (Lipinski definition) is 5. The summed E-state index contributed by atoms with van der Waals surface area (Å²) in [6.45, 7) is -0.0255. The zero-order chi connectivity index (χ0) is 15.9. The quantitative estimate of drug-likeness (QED) is 0.525. The van der Waals surface area contributed by atoms with Crippen LogP contribution in [0.5, 0.6) is 0 Å². The molecule has 0 aliphatic rings. The predicted molar refractivity (Wildman–Crippen MR) is 75.1 cm³/mol. The highest BCUT2D eigenvalue weighted by molar-refractivity contribution is 5.66. The predicted octanol–water partition coefficient (Wildman–Crippen LogP) is 0.110. The van der Waals surface area contributed by atoms with Crippen molar-refractivity contribution in [2.45, 2.75) is 13.3 Å². The summed E-state index contributed by atoms with van der Waals surface area (Å²) in [6, 6.07) is 12.0. The van der Waals surface area contributed by atoms with E-state index in [9.17, 15) is 4.79 Å². The standard InChI is InChI=1S/C6H6.C5H12O4.C3H6O2/c1-2-4-6-5-3-1;6-1-5(2-7,3-8)4-9;1-2-3(4)5/h1-6H;6-9H,1-4H2;2H2,1H3,(H,4,5). The summed E-state index contributed by atoms with van der Waals surface area (Å²) in [5.74, 6) is -0.745. The van der Waals surface area contributed by atoms with E-state index in [0.717, 1.165) is 0 Å². The van der Waals surface area contributed by atoms with Gasteiger partial charge >= 0.3 is 5.97 Å². The van der Waals surface area contributed by atoms with Gasteiger partial charge in [0, 0.05) is 6.42 Å². The molecular formula is C14H24O6. The van der Waals surface area contributed by atoms with Crippen LogP contribution in [-0.4, -0.2) is 57.9 Å². The molecule has 1 aromatic carbocycles. The van der Waals surface area contributed by atoms with Crippen LogP contribution in [0.3, 0.4) is 0 Å². The zero-order valence-electron chi connectivity index (χ0n) is 11.6. The molecule has 0 atom stereocenters. The Morgan fingerprint density at radius 2 is 1.00 bits per heavy atom. The molecule has 0 unspecified atom stereocenters. The maximum absolute atomic E-state index is 9.37. The SMILES string of the molecule is CCC(=O)O.OCC(CO)(CO)CO.c1ccccc1. The van der Waals surface area contributed by atoms with Gasteiger partial charge in [0.05, 0.1) is 31.8 Å². The maximum Gasteiger partial charge on any atom is 0.303 e. The summed E-state index contributed by atoms with van der Waals surface area (Å²) in [6.07, 6.45) is 0.222. The van der Waals surface area contributed by atoms with Gasteiger partial charge in [-0.25, -0.2) is 0 Å². The molecular weight excluding hydrogens is 264 g/mol. The van der Waals surface area contributed by atoms with E-state index >= 15 is 0 Å². The van der Waals surface area contributed by atoms with Crippen molar-refractivity contribution in [3.8, 4) is 0 Å². The first-order chi connectivity index (χ1) is 9.51. The Morgan fingerprint density at radius 3 is 1.05 bits per heavy atom. The second kappa shape index (κ2) is 14.0. The summed E-state index contributed by atoms with van der Waals surface area (Å²) < 4.78 is 0. The third kappa shape index (κ3) is 11.6. The molecule has 20 heavy (non-hydrogen) atoms. The van der Waals surface area contributed by atoms with Crippen LogP contribution in [0.25, 0.3) is 0 Å². The number of carbonyl (C=O) groups is 1. The van der Waals surface area contributed by atoms with E-state index in [1.807, 2.05) is 36.4 Å². The lowest BCUT2D eigenvalue weighted by molar-refractivity contribution is -0.136. The molecule has 0 aromatic heterocycles. The highest BCUT2D eigenvalue weighted by Gasteiger charge is 2.26. The summed E-state index contributed by atoms with van der Waals surface area (Å²) in [5.41, 5.74) is -1.11. The van der Waals surface area contributed by atoms with E-state index in [0.29, 0.717) is 0 Å². The van der Waals surface area contributed by atoms with Gasteiger partial charge < -0.3 is 25.5 Å². The molecule has 0 saturated carbocycles. The molecule has 1 aromatic rings. The smallest absolute Gasteiger partial charge is 0.303 e. The fourth-order valence-electron chi connectivity index (χ4n) is 0.685. The highest BCUT2D eigenvalue weighted by Crippen LogP contribution is 2.11. The minimum absolute atomic E-state index is 0.222. The Hall–Kier alpha value is -1.47. The Balaban J connectivity index is 0. The monoisotopic (exact) mass is 288 g/mol. The van der Waals surface area contributed by atoms with Crippen molar-refractivity contribution < 1.29 is 30.3 Å². The molecule has 0 aliphatic heterocycles. The molecule has 0 saturated heterocycles. The lowest BCUT2D eigenvalue weighted by Gasteiger charge is -2.23. The lowest BCUT2D eigenvalue weighted by atomic mass is 9.93. The zero-order valence-corrected chi connectivity index (χ0v) is 11.6. The molecule has 0 bridgehead atoms. The first kappa shape index (κ1) is 20.8. The van der Waals surface area contributed by atoms with Crippen molar-refractivity contribution in [3.05, 3.63) is 36.4 Å². The van der Waals surface area contributed by atoms with E-state index in [-0.39, 0.29) is 6.42 Å². The van der Waals surface area contributed by atoms with Gasteiger partial charge in [0.1, 0.15) is 0 Å². The number of aliphatic carboxylic acids is 1. The van der Waals surface area contributed by atoms with Crippen molar-refractivity contribution in [3.63, 3.8) is 0 Å². The second-order valence-corrected chi connectivity index (χ2v) is 4.03.